The van der Waals surface area contributed by atoms with Crippen LogP contribution >= 0.6 is 11.8 Å². The fourth-order valence-electron chi connectivity index (χ4n) is 1.21. The van der Waals surface area contributed by atoms with Crippen LogP contribution in [0.1, 0.15) is 6.92 Å². The van der Waals surface area contributed by atoms with E-state index in [1.54, 1.807) is 0 Å². The number of aromatic amines is 1. The predicted octanol–water partition coefficient (Wildman–Crippen LogP) is -7.45. The van der Waals surface area contributed by atoms with Crippen LogP contribution in [0.4, 0.5) is 5.82 Å². The van der Waals surface area contributed by atoms with E-state index in [4.69, 9.17) is 0 Å². The summed E-state index contributed by atoms with van der Waals surface area (Å²) in [5.74, 6) is 0.926. The van der Waals surface area contributed by atoms with Crippen molar-refractivity contribution in [3.8, 4) is 0 Å². The van der Waals surface area contributed by atoms with Gasteiger partial charge in [-0.25, -0.2) is 4.98 Å². The monoisotopic (exact) mass is 301 g/mol. The van der Waals surface area contributed by atoms with E-state index in [9.17, 15) is 0 Å². The molecule has 1 atom stereocenters. The van der Waals surface area contributed by atoms with E-state index in [1.807, 2.05) is 36.2 Å². The van der Waals surface area contributed by atoms with Crippen molar-refractivity contribution in [1.29, 1.82) is 0 Å². The van der Waals surface area contributed by atoms with Crippen molar-refractivity contribution in [2.24, 2.45) is 4.99 Å². The number of pyridine rings is 1. The average molecular weight is 302 g/mol. The number of aromatic nitrogens is 1. The Balaban J connectivity index is -0.000000490. The molecule has 0 spiro atoms. The Bertz CT molecular complexity index is 327. The Morgan fingerprint density at radius 2 is 2.06 bits per heavy atom. The smallest absolute Gasteiger partial charge is 0.368 e. The van der Waals surface area contributed by atoms with E-state index >= 15 is 0 Å². The molecule has 1 aromatic rings. The van der Waals surface area contributed by atoms with E-state index in [0.29, 0.717) is 5.25 Å². The molecule has 0 bridgehead atoms. The highest BCUT2D eigenvalue weighted by molar-refractivity contribution is 8.14. The van der Waals surface area contributed by atoms with Crippen LogP contribution in [0.3, 0.4) is 0 Å². The molecule has 0 saturated carbocycles. The molecule has 0 amide bonds. The summed E-state index contributed by atoms with van der Waals surface area (Å²) in [6.07, 6.45) is 1.89. The van der Waals surface area contributed by atoms with Gasteiger partial charge in [0.1, 0.15) is 0 Å². The number of nitrogens with zero attached hydrogens (tertiary/aromatic N) is 1. The molecule has 7 N–H and O–H groups in total. The molecular weight excluding hydrogens is 285 g/mol. The Morgan fingerprint density at radius 1 is 1.35 bits per heavy atom. The Morgan fingerprint density at radius 3 is 2.53 bits per heavy atom. The van der Waals surface area contributed by atoms with E-state index in [2.05, 4.69) is 22.2 Å². The van der Waals surface area contributed by atoms with Crippen molar-refractivity contribution < 1.29 is 46.1 Å². The third-order valence-corrected chi connectivity index (χ3v) is 2.96. The van der Waals surface area contributed by atoms with Crippen LogP contribution in [0.25, 0.3) is 0 Å². The third-order valence-electron chi connectivity index (χ3n) is 1.87. The van der Waals surface area contributed by atoms with Gasteiger partial charge in [0.05, 0.1) is 18.0 Å². The van der Waals surface area contributed by atoms with Crippen LogP contribution in [0, 0.1) is 0 Å². The minimum atomic E-state index is 0. The molecule has 1 aliphatic heterocycles. The summed E-state index contributed by atoms with van der Waals surface area (Å²) in [6, 6.07) is 5.92. The Labute approximate surface area is 117 Å². The fourth-order valence-corrected chi connectivity index (χ4v) is 2.16. The predicted molar refractivity (Wildman–Crippen MR) is 61.2 cm³/mol. The largest absolute Gasteiger partial charge is 1.00 e. The lowest BCUT2D eigenvalue weighted by atomic mass is 10.5. The number of nitrogens with two attached hydrogens (primary N) is 1. The quantitative estimate of drug-likeness (QED) is 0.547. The second-order valence-corrected chi connectivity index (χ2v) is 4.52. The number of halogens is 2. The molecule has 17 heavy (non-hydrogen) atoms. The fraction of sp³-hybridized carbons (Fsp3) is 0.333. The summed E-state index contributed by atoms with van der Waals surface area (Å²) in [7, 11) is 0. The molecule has 1 aromatic heterocycles. The molecule has 100 valence electrons. The first-order chi connectivity index (χ1) is 6.34. The van der Waals surface area contributed by atoms with Gasteiger partial charge < -0.3 is 35.8 Å². The summed E-state index contributed by atoms with van der Waals surface area (Å²) in [5, 5.41) is 4.01. The number of hydrogen-bond acceptors (Lipinski definition) is 2. The Kier molecular flexibility index (Phi) is 13.8. The summed E-state index contributed by atoms with van der Waals surface area (Å²) in [4.78, 5) is 7.57. The van der Waals surface area contributed by atoms with Gasteiger partial charge in [-0.15, -0.1) is 0 Å². The Hall–Kier alpha value is -0.370. The van der Waals surface area contributed by atoms with Crippen LogP contribution in [0.15, 0.2) is 29.4 Å². The molecule has 5 nitrogen and oxygen atoms in total. The first kappa shape index (κ1) is 21.9. The lowest BCUT2D eigenvalue weighted by molar-refractivity contribution is -0.528. The molecule has 0 radical (unpaired) electrons. The van der Waals surface area contributed by atoms with Crippen LogP contribution in [-0.2, 0) is 0 Å². The third kappa shape index (κ3) is 6.82. The van der Waals surface area contributed by atoms with Crippen molar-refractivity contribution in [2.45, 2.75) is 12.2 Å². The van der Waals surface area contributed by atoms with Gasteiger partial charge >= 0.3 is 11.0 Å². The zero-order chi connectivity index (χ0) is 9.10. The highest BCUT2D eigenvalue weighted by Gasteiger charge is 2.26. The maximum atomic E-state index is 4.48. The van der Waals surface area contributed by atoms with Gasteiger partial charge in [0.25, 0.3) is 0 Å². The summed E-state index contributed by atoms with van der Waals surface area (Å²) in [5.41, 5.74) is 0. The van der Waals surface area contributed by atoms with Crippen molar-refractivity contribution in [3.05, 3.63) is 24.4 Å². The number of thioether (sulfide) groups is 1. The molecular formula is C9H17Cl2N3O2S. The summed E-state index contributed by atoms with van der Waals surface area (Å²) < 4.78 is 0. The van der Waals surface area contributed by atoms with Gasteiger partial charge in [0, 0.05) is 11.1 Å². The number of rotatable bonds is 1. The zero-order valence-electron chi connectivity index (χ0n) is 9.28. The number of quaternary nitrogens is 1. The van der Waals surface area contributed by atoms with Crippen molar-refractivity contribution in [2.75, 3.05) is 6.54 Å². The molecule has 1 aliphatic rings. The van der Waals surface area contributed by atoms with E-state index < -0.39 is 0 Å². The molecule has 8 heteroatoms. The van der Waals surface area contributed by atoms with Crippen LogP contribution in [0.2, 0.25) is 0 Å². The number of hydrogen-bond donors (Lipinski definition) is 1. The molecule has 2 rings (SSSR count). The highest BCUT2D eigenvalue weighted by atomic mass is 35.5. The zero-order valence-corrected chi connectivity index (χ0v) is 11.6. The molecule has 0 aromatic carbocycles. The second kappa shape index (κ2) is 10.8. The second-order valence-electron chi connectivity index (χ2n) is 3.07. The van der Waals surface area contributed by atoms with Crippen molar-refractivity contribution >= 4 is 22.7 Å². The van der Waals surface area contributed by atoms with Gasteiger partial charge in [0.15, 0.2) is 0 Å². The molecule has 1 fully saturated rings. The minimum absolute atomic E-state index is 0. The summed E-state index contributed by atoms with van der Waals surface area (Å²) in [6.45, 7) is 3.36. The SMILES string of the molecule is CC1C[NH2+]/C(=N/c2cccc[nH+]2)S1.O.O.[Cl-].[Cl-]. The van der Waals surface area contributed by atoms with Crippen LogP contribution in [-0.4, -0.2) is 27.9 Å². The number of amidine groups is 1. The van der Waals surface area contributed by atoms with Gasteiger partial charge in [-0.1, -0.05) is 6.07 Å². The molecule has 0 aliphatic carbocycles. The molecule has 1 saturated heterocycles. The molecule has 1 unspecified atom stereocenters. The maximum absolute atomic E-state index is 4.48. The standard InChI is InChI=1S/C9H11N3S.2ClH.2H2O/c1-7-6-11-9(13-7)12-8-4-2-3-5-10-8;;;;/h2-5,7H,6H2,1H3,(H,10,11,12);2*1H;2*1H2. The van der Waals surface area contributed by atoms with E-state index in [1.165, 1.54) is 0 Å². The van der Waals surface area contributed by atoms with Gasteiger partial charge in [0.2, 0.25) is 0 Å². The first-order valence-corrected chi connectivity index (χ1v) is 5.28. The van der Waals surface area contributed by atoms with Crippen molar-refractivity contribution in [1.82, 2.24) is 0 Å². The molecule has 2 heterocycles. The van der Waals surface area contributed by atoms with Crippen molar-refractivity contribution in [3.63, 3.8) is 0 Å². The first-order valence-electron chi connectivity index (χ1n) is 4.40. The average Bonchev–Trinajstić information content (AvgIpc) is 2.53. The van der Waals surface area contributed by atoms with Crippen LogP contribution < -0.4 is 35.1 Å². The highest BCUT2D eigenvalue weighted by Crippen LogP contribution is 2.14. The van der Waals surface area contributed by atoms with Gasteiger partial charge in [-0.2, -0.15) is 0 Å². The van der Waals surface area contributed by atoms with E-state index in [0.717, 1.165) is 17.5 Å². The number of H-pyrrole nitrogens is 1. The van der Waals surface area contributed by atoms with Gasteiger partial charge in [-0.05, 0) is 24.8 Å². The lowest BCUT2D eigenvalue weighted by Gasteiger charge is -1.84. The van der Waals surface area contributed by atoms with Crippen LogP contribution in [0.5, 0.6) is 0 Å². The van der Waals surface area contributed by atoms with Gasteiger partial charge in [-0.3, -0.25) is 5.32 Å². The normalized spacial score (nSPS) is 19.4. The minimum Gasteiger partial charge on any atom is -1.00 e. The maximum Gasteiger partial charge on any atom is 0.368 e. The lowest BCUT2D eigenvalue weighted by Crippen LogP contribution is -3.00. The number of aliphatic imine (C=N–C) groups is 1. The number of nitrogens with one attached hydrogen (secondary N) is 1. The van der Waals surface area contributed by atoms with E-state index in [-0.39, 0.29) is 35.8 Å². The topological polar surface area (TPSA) is 106 Å². The summed E-state index contributed by atoms with van der Waals surface area (Å²) >= 11 is 1.83.